The Morgan fingerprint density at radius 1 is 1.38 bits per heavy atom. The van der Waals surface area contributed by atoms with Crippen LogP contribution in [0.25, 0.3) is 0 Å². The van der Waals surface area contributed by atoms with Gasteiger partial charge in [-0.1, -0.05) is 0 Å². The minimum absolute atomic E-state index is 0.146. The van der Waals surface area contributed by atoms with Gasteiger partial charge in [-0.05, 0) is 31.0 Å². The van der Waals surface area contributed by atoms with Crippen molar-refractivity contribution in [3.8, 4) is 0 Å². The number of amides is 1. The molecule has 4 N–H and O–H groups in total. The minimum atomic E-state index is -1.02. The normalized spacial score (nSPS) is 14.5. The summed E-state index contributed by atoms with van der Waals surface area (Å²) in [6, 6.07) is 4.60. The number of carbonyl (C=O) groups excluding carboxylic acids is 1. The highest BCUT2D eigenvalue weighted by atomic mass is 16.4. The third-order valence-electron chi connectivity index (χ3n) is 2.47. The first-order valence-electron chi connectivity index (χ1n) is 5.01. The maximum absolute atomic E-state index is 11.1. The monoisotopic (exact) mass is 220 g/mol. The predicted octanol–water partition coefficient (Wildman–Crippen LogP) is 1.06. The maximum Gasteiger partial charge on any atom is 0.335 e. The molecule has 1 amide bonds. The molecule has 0 saturated heterocycles. The summed E-state index contributed by atoms with van der Waals surface area (Å²) in [5.41, 5.74) is 6.20. The van der Waals surface area contributed by atoms with Crippen molar-refractivity contribution in [1.29, 1.82) is 0 Å². The molecule has 1 aliphatic rings. The molecule has 0 aliphatic heterocycles. The molecule has 84 valence electrons. The summed E-state index contributed by atoms with van der Waals surface area (Å²) in [7, 11) is 0. The van der Waals surface area contributed by atoms with Gasteiger partial charge in [-0.15, -0.1) is 0 Å². The molecule has 2 rings (SSSR count). The van der Waals surface area contributed by atoms with E-state index in [2.05, 4.69) is 5.32 Å². The van der Waals surface area contributed by atoms with Crippen molar-refractivity contribution in [3.63, 3.8) is 0 Å². The second-order valence-electron chi connectivity index (χ2n) is 3.85. The number of primary amides is 1. The molecule has 1 aliphatic carbocycles. The van der Waals surface area contributed by atoms with Crippen LogP contribution in [0, 0.1) is 0 Å². The molecule has 16 heavy (non-hydrogen) atoms. The van der Waals surface area contributed by atoms with Crippen LogP contribution in [0.5, 0.6) is 0 Å². The van der Waals surface area contributed by atoms with Gasteiger partial charge in [0, 0.05) is 11.7 Å². The van der Waals surface area contributed by atoms with Crippen molar-refractivity contribution in [2.45, 2.75) is 18.9 Å². The summed E-state index contributed by atoms with van der Waals surface area (Å²) >= 11 is 0. The molecule has 1 aromatic rings. The number of anilines is 1. The zero-order valence-electron chi connectivity index (χ0n) is 8.56. The van der Waals surface area contributed by atoms with Gasteiger partial charge in [0.05, 0.1) is 11.1 Å². The fourth-order valence-corrected chi connectivity index (χ4v) is 1.46. The van der Waals surface area contributed by atoms with E-state index in [1.54, 1.807) is 0 Å². The quantitative estimate of drug-likeness (QED) is 0.707. The first-order chi connectivity index (χ1) is 7.58. The van der Waals surface area contributed by atoms with Gasteiger partial charge in [0.2, 0.25) is 0 Å². The molecule has 5 nitrogen and oxygen atoms in total. The fourth-order valence-electron chi connectivity index (χ4n) is 1.46. The van der Waals surface area contributed by atoms with Crippen molar-refractivity contribution in [2.24, 2.45) is 5.73 Å². The van der Waals surface area contributed by atoms with E-state index in [4.69, 9.17) is 10.8 Å². The van der Waals surface area contributed by atoms with Crippen LogP contribution < -0.4 is 11.1 Å². The number of nitrogens with two attached hydrogens (primary N) is 1. The second kappa shape index (κ2) is 3.84. The Bertz CT molecular complexity index is 453. The third kappa shape index (κ3) is 2.13. The largest absolute Gasteiger partial charge is 0.478 e. The topological polar surface area (TPSA) is 92.4 Å². The molecule has 0 bridgehead atoms. The van der Waals surface area contributed by atoms with E-state index in [0.717, 1.165) is 12.8 Å². The summed E-state index contributed by atoms with van der Waals surface area (Å²) < 4.78 is 0. The molecule has 1 aromatic carbocycles. The van der Waals surface area contributed by atoms with E-state index in [-0.39, 0.29) is 5.56 Å². The Kier molecular flexibility index (Phi) is 2.52. The number of aromatic carboxylic acids is 1. The highest BCUT2D eigenvalue weighted by molar-refractivity contribution is 6.00. The van der Waals surface area contributed by atoms with E-state index < -0.39 is 11.9 Å². The van der Waals surface area contributed by atoms with E-state index >= 15 is 0 Å². The van der Waals surface area contributed by atoms with Gasteiger partial charge in [0.1, 0.15) is 0 Å². The van der Waals surface area contributed by atoms with E-state index in [1.165, 1.54) is 18.2 Å². The van der Waals surface area contributed by atoms with Gasteiger partial charge in [-0.25, -0.2) is 4.79 Å². The van der Waals surface area contributed by atoms with Crippen LogP contribution in [0.3, 0.4) is 0 Å². The lowest BCUT2D eigenvalue weighted by molar-refractivity contribution is 0.0696. The lowest BCUT2D eigenvalue weighted by atomic mass is 10.1. The summed E-state index contributed by atoms with van der Waals surface area (Å²) in [6.45, 7) is 0. The van der Waals surface area contributed by atoms with Crippen LogP contribution in [0.4, 0.5) is 5.69 Å². The van der Waals surface area contributed by atoms with Crippen LogP contribution in [0.15, 0.2) is 18.2 Å². The first kappa shape index (κ1) is 10.5. The predicted molar refractivity (Wildman–Crippen MR) is 58.6 cm³/mol. The first-order valence-corrected chi connectivity index (χ1v) is 5.01. The number of carbonyl (C=O) groups is 2. The molecular formula is C11H12N2O3. The van der Waals surface area contributed by atoms with Crippen LogP contribution in [0.1, 0.15) is 33.6 Å². The Hall–Kier alpha value is -2.04. The Morgan fingerprint density at radius 2 is 2.06 bits per heavy atom. The number of hydrogen-bond acceptors (Lipinski definition) is 3. The van der Waals surface area contributed by atoms with Crippen molar-refractivity contribution in [1.82, 2.24) is 0 Å². The zero-order valence-corrected chi connectivity index (χ0v) is 8.56. The molecule has 0 spiro atoms. The SMILES string of the molecule is NC(=O)c1ccc(C(=O)O)cc1NC1CC1. The molecule has 5 heteroatoms. The van der Waals surface area contributed by atoms with Crippen molar-refractivity contribution in [3.05, 3.63) is 29.3 Å². The molecule has 0 heterocycles. The van der Waals surface area contributed by atoms with Gasteiger partial charge in [0.25, 0.3) is 5.91 Å². The van der Waals surface area contributed by atoms with Crippen LogP contribution in [-0.2, 0) is 0 Å². The fraction of sp³-hybridized carbons (Fsp3) is 0.273. The Morgan fingerprint density at radius 3 is 2.56 bits per heavy atom. The minimum Gasteiger partial charge on any atom is -0.478 e. The third-order valence-corrected chi connectivity index (χ3v) is 2.47. The lowest BCUT2D eigenvalue weighted by Gasteiger charge is -2.09. The molecular weight excluding hydrogens is 208 g/mol. The smallest absolute Gasteiger partial charge is 0.335 e. The van der Waals surface area contributed by atoms with Crippen molar-refractivity contribution in [2.75, 3.05) is 5.32 Å². The lowest BCUT2D eigenvalue weighted by Crippen LogP contribution is -2.16. The standard InChI is InChI=1S/C11H12N2O3/c12-10(14)8-4-1-6(11(15)16)5-9(8)13-7-2-3-7/h1,4-5,7,13H,2-3H2,(H2,12,14)(H,15,16). The van der Waals surface area contributed by atoms with Crippen molar-refractivity contribution >= 4 is 17.6 Å². The average Bonchev–Trinajstić information content (AvgIpc) is 3.01. The van der Waals surface area contributed by atoms with Gasteiger partial charge in [-0.3, -0.25) is 4.79 Å². The molecule has 0 radical (unpaired) electrons. The highest BCUT2D eigenvalue weighted by Gasteiger charge is 2.23. The molecule has 0 unspecified atom stereocenters. The summed E-state index contributed by atoms with van der Waals surface area (Å²) in [4.78, 5) is 21.9. The molecule has 0 aromatic heterocycles. The molecule has 1 fully saturated rings. The number of nitrogens with one attached hydrogen (secondary N) is 1. The highest BCUT2D eigenvalue weighted by Crippen LogP contribution is 2.27. The van der Waals surface area contributed by atoms with Gasteiger partial charge in [-0.2, -0.15) is 0 Å². The molecule has 0 atom stereocenters. The number of benzene rings is 1. The summed E-state index contributed by atoms with van der Waals surface area (Å²) in [5.74, 6) is -1.57. The Labute approximate surface area is 92.3 Å². The average molecular weight is 220 g/mol. The second-order valence-corrected chi connectivity index (χ2v) is 3.85. The number of carboxylic acid groups (broad SMARTS) is 1. The number of carboxylic acids is 1. The zero-order chi connectivity index (χ0) is 11.7. The number of hydrogen-bond donors (Lipinski definition) is 3. The van der Waals surface area contributed by atoms with Crippen LogP contribution in [0.2, 0.25) is 0 Å². The number of rotatable bonds is 4. The van der Waals surface area contributed by atoms with Gasteiger partial charge < -0.3 is 16.2 Å². The summed E-state index contributed by atoms with van der Waals surface area (Å²) in [5, 5.41) is 11.9. The van der Waals surface area contributed by atoms with Crippen molar-refractivity contribution < 1.29 is 14.7 Å². The summed E-state index contributed by atoms with van der Waals surface area (Å²) in [6.07, 6.45) is 2.07. The van der Waals surface area contributed by atoms with Gasteiger partial charge >= 0.3 is 5.97 Å². The van der Waals surface area contributed by atoms with Crippen LogP contribution in [-0.4, -0.2) is 23.0 Å². The van der Waals surface area contributed by atoms with E-state index in [1.807, 2.05) is 0 Å². The van der Waals surface area contributed by atoms with E-state index in [9.17, 15) is 9.59 Å². The van der Waals surface area contributed by atoms with Crippen LogP contribution >= 0.6 is 0 Å². The molecule has 1 saturated carbocycles. The Balaban J connectivity index is 2.37. The van der Waals surface area contributed by atoms with E-state index in [0.29, 0.717) is 17.3 Å². The maximum atomic E-state index is 11.1. The van der Waals surface area contributed by atoms with Gasteiger partial charge in [0.15, 0.2) is 0 Å².